The highest BCUT2D eigenvalue weighted by Crippen LogP contribution is 2.20. The largest absolute Gasteiger partial charge is 0.469 e. The molecule has 3 heteroatoms. The molecular weight excluding hydrogens is 202 g/mol. The van der Waals surface area contributed by atoms with Gasteiger partial charge in [-0.25, -0.2) is 0 Å². The van der Waals surface area contributed by atoms with Crippen LogP contribution in [0.15, 0.2) is 22.8 Å². The van der Waals surface area contributed by atoms with Crippen LogP contribution in [0.4, 0.5) is 0 Å². The highest BCUT2D eigenvalue weighted by Gasteiger charge is 2.20. The molecule has 2 unspecified atom stereocenters. The van der Waals surface area contributed by atoms with Crippen LogP contribution in [0.25, 0.3) is 0 Å². The van der Waals surface area contributed by atoms with E-state index in [4.69, 9.17) is 9.15 Å². The van der Waals surface area contributed by atoms with Crippen LogP contribution in [0.1, 0.15) is 31.4 Å². The Hall–Kier alpha value is -0.800. The minimum atomic E-state index is 0.454. The van der Waals surface area contributed by atoms with Crippen LogP contribution in [0.5, 0.6) is 0 Å². The fraction of sp³-hybridized carbons (Fsp3) is 0.692. The number of hydrogen-bond acceptors (Lipinski definition) is 3. The molecule has 0 radical (unpaired) electrons. The number of methoxy groups -OCH3 is 1. The number of hydrogen-bond donors (Lipinski definition) is 1. The van der Waals surface area contributed by atoms with Crippen molar-refractivity contribution in [3.05, 3.63) is 24.2 Å². The van der Waals surface area contributed by atoms with Crippen molar-refractivity contribution in [1.29, 1.82) is 0 Å². The second kappa shape index (κ2) is 6.06. The zero-order valence-electron chi connectivity index (χ0n) is 9.95. The normalized spacial score (nSPS) is 25.8. The first-order valence-electron chi connectivity index (χ1n) is 6.17. The summed E-state index contributed by atoms with van der Waals surface area (Å²) >= 11 is 0. The molecule has 3 nitrogen and oxygen atoms in total. The SMILES string of the molecule is COC1CCCC(NCCc2ccco2)C1. The molecule has 2 atom stereocenters. The van der Waals surface area contributed by atoms with E-state index in [0.29, 0.717) is 12.1 Å². The quantitative estimate of drug-likeness (QED) is 0.832. The van der Waals surface area contributed by atoms with Crippen molar-refractivity contribution >= 4 is 0 Å². The van der Waals surface area contributed by atoms with E-state index in [1.807, 2.05) is 19.2 Å². The molecule has 1 aromatic heterocycles. The lowest BCUT2D eigenvalue weighted by Crippen LogP contribution is -2.37. The first-order valence-corrected chi connectivity index (χ1v) is 6.17. The molecule has 0 spiro atoms. The van der Waals surface area contributed by atoms with Crippen molar-refractivity contribution in [1.82, 2.24) is 5.32 Å². The summed E-state index contributed by atoms with van der Waals surface area (Å²) in [5.74, 6) is 1.06. The topological polar surface area (TPSA) is 34.4 Å². The smallest absolute Gasteiger partial charge is 0.105 e. The third-order valence-electron chi connectivity index (χ3n) is 3.34. The van der Waals surface area contributed by atoms with Crippen molar-refractivity contribution in [3.8, 4) is 0 Å². The van der Waals surface area contributed by atoms with E-state index in [1.54, 1.807) is 6.26 Å². The summed E-state index contributed by atoms with van der Waals surface area (Å²) in [5.41, 5.74) is 0. The van der Waals surface area contributed by atoms with Gasteiger partial charge in [0.2, 0.25) is 0 Å². The molecule has 1 fully saturated rings. The third kappa shape index (κ3) is 3.35. The lowest BCUT2D eigenvalue weighted by Gasteiger charge is -2.28. The second-order valence-electron chi connectivity index (χ2n) is 4.50. The third-order valence-corrected chi connectivity index (χ3v) is 3.34. The molecule has 0 aliphatic heterocycles. The lowest BCUT2D eigenvalue weighted by molar-refractivity contribution is 0.0589. The van der Waals surface area contributed by atoms with Crippen LogP contribution < -0.4 is 5.32 Å². The summed E-state index contributed by atoms with van der Waals surface area (Å²) < 4.78 is 10.7. The van der Waals surface area contributed by atoms with Crippen LogP contribution in [0, 0.1) is 0 Å². The van der Waals surface area contributed by atoms with Gasteiger partial charge >= 0.3 is 0 Å². The van der Waals surface area contributed by atoms with Gasteiger partial charge in [0.05, 0.1) is 12.4 Å². The molecular formula is C13H21NO2. The summed E-state index contributed by atoms with van der Waals surface area (Å²) in [5, 5.41) is 3.58. The van der Waals surface area contributed by atoms with Gasteiger partial charge in [0.15, 0.2) is 0 Å². The van der Waals surface area contributed by atoms with Gasteiger partial charge in [-0.1, -0.05) is 0 Å². The van der Waals surface area contributed by atoms with Gasteiger partial charge in [-0.15, -0.1) is 0 Å². The molecule has 90 valence electrons. The van der Waals surface area contributed by atoms with Gasteiger partial charge in [-0.05, 0) is 37.8 Å². The molecule has 1 aromatic rings. The van der Waals surface area contributed by atoms with Crippen molar-refractivity contribution in [3.63, 3.8) is 0 Å². The Balaban J connectivity index is 1.65. The summed E-state index contributed by atoms with van der Waals surface area (Å²) in [6, 6.07) is 4.59. The second-order valence-corrected chi connectivity index (χ2v) is 4.50. The summed E-state index contributed by atoms with van der Waals surface area (Å²) in [4.78, 5) is 0. The Morgan fingerprint density at radius 1 is 1.50 bits per heavy atom. The number of ether oxygens (including phenoxy) is 1. The number of nitrogens with one attached hydrogen (secondary N) is 1. The van der Waals surface area contributed by atoms with E-state index in [-0.39, 0.29) is 0 Å². The van der Waals surface area contributed by atoms with E-state index in [9.17, 15) is 0 Å². The van der Waals surface area contributed by atoms with E-state index in [2.05, 4.69) is 5.32 Å². The summed E-state index contributed by atoms with van der Waals surface area (Å²) in [7, 11) is 1.82. The Kier molecular flexibility index (Phi) is 4.43. The molecule has 1 saturated carbocycles. The van der Waals surface area contributed by atoms with Gasteiger partial charge in [0, 0.05) is 26.1 Å². The molecule has 1 aliphatic rings. The molecule has 16 heavy (non-hydrogen) atoms. The van der Waals surface area contributed by atoms with E-state index in [1.165, 1.54) is 19.3 Å². The summed E-state index contributed by atoms with van der Waals surface area (Å²) in [6.07, 6.45) is 8.07. The van der Waals surface area contributed by atoms with Gasteiger partial charge in [0.1, 0.15) is 5.76 Å². The highest BCUT2D eigenvalue weighted by atomic mass is 16.5. The van der Waals surface area contributed by atoms with E-state index >= 15 is 0 Å². The fourth-order valence-electron chi connectivity index (χ4n) is 2.40. The van der Waals surface area contributed by atoms with Crippen LogP contribution in [0.2, 0.25) is 0 Å². The standard InChI is InChI=1S/C13H21NO2/c1-15-13-5-2-4-11(10-13)14-8-7-12-6-3-9-16-12/h3,6,9,11,13-14H,2,4-5,7-8,10H2,1H3. The van der Waals surface area contributed by atoms with Gasteiger partial charge < -0.3 is 14.5 Å². The maximum absolute atomic E-state index is 5.42. The predicted octanol–water partition coefficient (Wildman–Crippen LogP) is 2.37. The van der Waals surface area contributed by atoms with Crippen LogP contribution in [0.3, 0.4) is 0 Å². The van der Waals surface area contributed by atoms with E-state index in [0.717, 1.165) is 25.1 Å². The minimum absolute atomic E-state index is 0.454. The van der Waals surface area contributed by atoms with Crippen molar-refractivity contribution in [2.75, 3.05) is 13.7 Å². The molecule has 0 saturated heterocycles. The van der Waals surface area contributed by atoms with Gasteiger partial charge in [0.25, 0.3) is 0 Å². The van der Waals surface area contributed by atoms with Crippen LogP contribution >= 0.6 is 0 Å². The number of rotatable bonds is 5. The zero-order valence-corrected chi connectivity index (χ0v) is 9.95. The fourth-order valence-corrected chi connectivity index (χ4v) is 2.40. The monoisotopic (exact) mass is 223 g/mol. The molecule has 2 rings (SSSR count). The Morgan fingerprint density at radius 3 is 3.19 bits per heavy atom. The molecule has 0 amide bonds. The van der Waals surface area contributed by atoms with Crippen molar-refractivity contribution in [2.24, 2.45) is 0 Å². The minimum Gasteiger partial charge on any atom is -0.469 e. The van der Waals surface area contributed by atoms with Crippen LogP contribution in [-0.4, -0.2) is 25.8 Å². The molecule has 1 aliphatic carbocycles. The maximum Gasteiger partial charge on any atom is 0.105 e. The highest BCUT2D eigenvalue weighted by molar-refractivity contribution is 4.98. The van der Waals surface area contributed by atoms with Crippen molar-refractivity contribution < 1.29 is 9.15 Å². The lowest BCUT2D eigenvalue weighted by atomic mass is 9.93. The Bertz CT molecular complexity index is 284. The van der Waals surface area contributed by atoms with E-state index < -0.39 is 0 Å². The van der Waals surface area contributed by atoms with Crippen molar-refractivity contribution in [2.45, 2.75) is 44.2 Å². The van der Waals surface area contributed by atoms with Crippen LogP contribution in [-0.2, 0) is 11.2 Å². The maximum atomic E-state index is 5.42. The summed E-state index contributed by atoms with van der Waals surface area (Å²) in [6.45, 7) is 0.995. The first kappa shape index (κ1) is 11.7. The average molecular weight is 223 g/mol. The van der Waals surface area contributed by atoms with Gasteiger partial charge in [-0.3, -0.25) is 0 Å². The molecule has 0 bridgehead atoms. The molecule has 0 aromatic carbocycles. The number of furan rings is 1. The van der Waals surface area contributed by atoms with Gasteiger partial charge in [-0.2, -0.15) is 0 Å². The zero-order chi connectivity index (χ0) is 11.2. The molecule has 1 N–H and O–H groups in total. The predicted molar refractivity (Wildman–Crippen MR) is 63.5 cm³/mol. The first-order chi connectivity index (χ1) is 7.88. The molecule has 1 heterocycles. The Morgan fingerprint density at radius 2 is 2.44 bits per heavy atom. The Labute approximate surface area is 97.2 Å². The average Bonchev–Trinajstić information content (AvgIpc) is 2.82.